The van der Waals surface area contributed by atoms with Crippen molar-refractivity contribution in [3.05, 3.63) is 0 Å². The van der Waals surface area contributed by atoms with Gasteiger partial charge < -0.3 is 5.32 Å². The van der Waals surface area contributed by atoms with Crippen molar-refractivity contribution in [1.29, 1.82) is 0 Å². The predicted molar refractivity (Wildman–Crippen MR) is 31.6 cm³/mol. The van der Waals surface area contributed by atoms with Crippen LogP contribution in [0.1, 0.15) is 6.42 Å². The van der Waals surface area contributed by atoms with E-state index in [1.54, 1.807) is 0 Å². The third-order valence-corrected chi connectivity index (χ3v) is 1.84. The maximum atomic E-state index is 10.4. The lowest BCUT2D eigenvalue weighted by Gasteiger charge is -1.79. The van der Waals surface area contributed by atoms with Gasteiger partial charge in [0.25, 0.3) is 0 Å². The number of hydrogen-bond acceptors (Lipinski definition) is 3. The summed E-state index contributed by atoms with van der Waals surface area (Å²) in [5.74, 6) is -0.214. The standard InChI is InChI=1S/C4H5NO3S/c6-4-1-3(2-5-4)9(7)8/h1-2H2,(H,5,6). The Bertz CT molecular complexity index is 256. The van der Waals surface area contributed by atoms with E-state index < -0.39 is 10.3 Å². The van der Waals surface area contributed by atoms with Crippen LogP contribution in [-0.2, 0) is 15.1 Å². The molecule has 1 amide bonds. The van der Waals surface area contributed by atoms with Gasteiger partial charge in [-0.15, -0.1) is 0 Å². The van der Waals surface area contributed by atoms with Gasteiger partial charge in [0, 0.05) is 0 Å². The fraction of sp³-hybridized carbons (Fsp3) is 0.500. The molecule has 1 aliphatic heterocycles. The lowest BCUT2D eigenvalue weighted by molar-refractivity contribution is -0.118. The second-order valence-corrected chi connectivity index (χ2v) is 2.77. The SMILES string of the molecule is O=C1CC(=S(=O)=O)CN1. The third kappa shape index (κ3) is 1.29. The summed E-state index contributed by atoms with van der Waals surface area (Å²) in [5.41, 5.74) is 0. The minimum atomic E-state index is -2.18. The molecule has 0 radical (unpaired) electrons. The van der Waals surface area contributed by atoms with Crippen LogP contribution < -0.4 is 5.32 Å². The maximum absolute atomic E-state index is 10.4. The molecular formula is C4H5NO3S. The molecule has 0 bridgehead atoms. The zero-order chi connectivity index (χ0) is 6.85. The van der Waals surface area contributed by atoms with Crippen LogP contribution in [0.4, 0.5) is 0 Å². The Morgan fingerprint density at radius 3 is 2.33 bits per heavy atom. The number of nitrogens with one attached hydrogen (secondary N) is 1. The van der Waals surface area contributed by atoms with Crippen molar-refractivity contribution in [2.75, 3.05) is 6.54 Å². The molecule has 5 heteroatoms. The first-order valence-corrected chi connectivity index (χ1v) is 3.48. The molecule has 1 aliphatic rings. The van der Waals surface area contributed by atoms with E-state index in [9.17, 15) is 13.2 Å². The largest absolute Gasteiger partial charge is 0.351 e. The summed E-state index contributed by atoms with van der Waals surface area (Å²) < 4.78 is 20.2. The molecule has 0 spiro atoms. The predicted octanol–water partition coefficient (Wildman–Crippen LogP) is -1.44. The molecule has 1 N–H and O–H groups in total. The van der Waals surface area contributed by atoms with Crippen molar-refractivity contribution in [2.24, 2.45) is 0 Å². The van der Waals surface area contributed by atoms with Gasteiger partial charge in [-0.25, -0.2) is 0 Å². The second kappa shape index (κ2) is 2.18. The average molecular weight is 147 g/mol. The van der Waals surface area contributed by atoms with Crippen LogP contribution in [0.5, 0.6) is 0 Å². The van der Waals surface area contributed by atoms with Crippen molar-refractivity contribution in [3.8, 4) is 0 Å². The molecule has 0 aromatic carbocycles. The van der Waals surface area contributed by atoms with Gasteiger partial charge in [0.05, 0.1) is 17.8 Å². The molecule has 1 saturated heterocycles. The van der Waals surface area contributed by atoms with E-state index in [4.69, 9.17) is 0 Å². The minimum Gasteiger partial charge on any atom is -0.351 e. The topological polar surface area (TPSA) is 63.2 Å². The number of amides is 1. The second-order valence-electron chi connectivity index (χ2n) is 1.73. The van der Waals surface area contributed by atoms with E-state index >= 15 is 0 Å². The molecule has 0 aromatic rings. The highest BCUT2D eigenvalue weighted by Crippen LogP contribution is 1.91. The highest BCUT2D eigenvalue weighted by molar-refractivity contribution is 7.73. The fourth-order valence-corrected chi connectivity index (χ4v) is 1.06. The number of carbonyl (C=O) groups excluding carboxylic acids is 1. The van der Waals surface area contributed by atoms with Crippen LogP contribution in [0.3, 0.4) is 0 Å². The Morgan fingerprint density at radius 2 is 2.11 bits per heavy atom. The Morgan fingerprint density at radius 1 is 1.44 bits per heavy atom. The zero-order valence-corrected chi connectivity index (χ0v) is 5.36. The summed E-state index contributed by atoms with van der Waals surface area (Å²) in [7, 11) is -2.18. The van der Waals surface area contributed by atoms with Gasteiger partial charge in [0.15, 0.2) is 0 Å². The summed E-state index contributed by atoms with van der Waals surface area (Å²) in [6, 6.07) is 0. The molecule has 4 nitrogen and oxygen atoms in total. The highest BCUT2D eigenvalue weighted by Gasteiger charge is 2.16. The van der Waals surface area contributed by atoms with Crippen molar-refractivity contribution in [3.63, 3.8) is 0 Å². The molecule has 1 rings (SSSR count). The molecule has 9 heavy (non-hydrogen) atoms. The fourth-order valence-electron chi connectivity index (χ4n) is 0.619. The van der Waals surface area contributed by atoms with Gasteiger partial charge in [-0.1, -0.05) is 0 Å². The van der Waals surface area contributed by atoms with E-state index in [0.717, 1.165) is 0 Å². The van der Waals surface area contributed by atoms with Crippen LogP contribution >= 0.6 is 0 Å². The summed E-state index contributed by atoms with van der Waals surface area (Å²) in [6.45, 7) is 0.189. The number of carbonyl (C=O) groups is 1. The van der Waals surface area contributed by atoms with E-state index in [0.29, 0.717) is 0 Å². The van der Waals surface area contributed by atoms with Crippen LogP contribution in [0.25, 0.3) is 0 Å². The maximum Gasteiger partial charge on any atom is 0.225 e. The lowest BCUT2D eigenvalue weighted by Crippen LogP contribution is -2.13. The van der Waals surface area contributed by atoms with Crippen LogP contribution in [0.2, 0.25) is 0 Å². The van der Waals surface area contributed by atoms with Gasteiger partial charge in [-0.2, -0.15) is 8.42 Å². The summed E-state index contributed by atoms with van der Waals surface area (Å²) in [5, 5.41) is 2.38. The highest BCUT2D eigenvalue weighted by atomic mass is 32.2. The first-order chi connectivity index (χ1) is 4.20. The Kier molecular flexibility index (Phi) is 1.52. The van der Waals surface area contributed by atoms with Crippen molar-refractivity contribution in [1.82, 2.24) is 5.32 Å². The van der Waals surface area contributed by atoms with Crippen LogP contribution in [-0.4, -0.2) is 25.7 Å². The van der Waals surface area contributed by atoms with Gasteiger partial charge in [0.2, 0.25) is 16.2 Å². The van der Waals surface area contributed by atoms with Gasteiger partial charge in [0.1, 0.15) is 0 Å². The molecule has 50 valence electrons. The van der Waals surface area contributed by atoms with Gasteiger partial charge in [-0.05, 0) is 0 Å². The minimum absolute atomic E-state index is 0.0378. The molecular weight excluding hydrogens is 142 g/mol. The average Bonchev–Trinajstić information content (AvgIpc) is 2.14. The zero-order valence-electron chi connectivity index (χ0n) is 4.55. The van der Waals surface area contributed by atoms with Crippen molar-refractivity contribution >= 4 is 21.1 Å². The van der Waals surface area contributed by atoms with E-state index in [1.807, 2.05) is 0 Å². The van der Waals surface area contributed by atoms with Crippen molar-refractivity contribution < 1.29 is 13.2 Å². The first kappa shape index (κ1) is 6.28. The molecule has 0 aliphatic carbocycles. The van der Waals surface area contributed by atoms with Gasteiger partial charge in [-0.3, -0.25) is 4.79 Å². The van der Waals surface area contributed by atoms with Gasteiger partial charge >= 0.3 is 0 Å². The van der Waals surface area contributed by atoms with E-state index in [-0.39, 0.29) is 23.7 Å². The summed E-state index contributed by atoms with van der Waals surface area (Å²) >= 11 is 0. The molecule has 0 saturated carbocycles. The number of rotatable bonds is 0. The Labute approximate surface area is 53.4 Å². The van der Waals surface area contributed by atoms with Crippen molar-refractivity contribution in [2.45, 2.75) is 6.42 Å². The molecule has 1 heterocycles. The monoisotopic (exact) mass is 147 g/mol. The Hall–Kier alpha value is -0.840. The van der Waals surface area contributed by atoms with Crippen LogP contribution in [0, 0.1) is 0 Å². The van der Waals surface area contributed by atoms with E-state index in [1.165, 1.54) is 0 Å². The normalized spacial score (nSPS) is 17.8. The van der Waals surface area contributed by atoms with Crippen LogP contribution in [0.15, 0.2) is 0 Å². The first-order valence-electron chi connectivity index (χ1n) is 2.41. The molecule has 0 unspecified atom stereocenters. The third-order valence-electron chi connectivity index (χ3n) is 1.08. The quantitative estimate of drug-likeness (QED) is 0.427. The molecule has 0 atom stereocenters. The smallest absolute Gasteiger partial charge is 0.225 e. The number of hydrogen-bond donors (Lipinski definition) is 1. The summed E-state index contributed by atoms with van der Waals surface area (Å²) in [6.07, 6.45) is 0.0378. The molecule has 0 aromatic heterocycles. The molecule has 1 fully saturated rings. The summed E-state index contributed by atoms with van der Waals surface area (Å²) in [4.78, 5) is 10.6. The van der Waals surface area contributed by atoms with E-state index in [2.05, 4.69) is 5.32 Å². The lowest BCUT2D eigenvalue weighted by atomic mass is 10.4. The Balaban J connectivity index is 2.94.